The lowest BCUT2D eigenvalue weighted by atomic mass is 9.96. The molecule has 0 amide bonds. The molecule has 0 radical (unpaired) electrons. The Hall–Kier alpha value is -1.32. The number of nitrogens with zero attached hydrogens (tertiary/aromatic N) is 2. The van der Waals surface area contributed by atoms with Gasteiger partial charge in [-0.05, 0) is 12.3 Å². The molecule has 0 fully saturated rings. The van der Waals surface area contributed by atoms with Crippen molar-refractivity contribution in [3.63, 3.8) is 0 Å². The van der Waals surface area contributed by atoms with E-state index in [-0.39, 0.29) is 5.41 Å². The molecule has 0 aliphatic carbocycles. The minimum absolute atomic E-state index is 0.0863. The van der Waals surface area contributed by atoms with Gasteiger partial charge in [0.1, 0.15) is 11.6 Å². The van der Waals surface area contributed by atoms with E-state index < -0.39 is 0 Å². The average Bonchev–Trinajstić information content (AvgIpc) is 2.40. The first-order valence-corrected chi connectivity index (χ1v) is 8.09. The third-order valence-corrected chi connectivity index (χ3v) is 3.02. The van der Waals surface area contributed by atoms with Crippen molar-refractivity contribution in [2.45, 2.75) is 66.2 Å². The third-order valence-electron chi connectivity index (χ3n) is 3.02. The SMILES string of the molecule is CCCCCNc1cc(OCC(C)C)nc(C(C)(C)C)n1. The van der Waals surface area contributed by atoms with Crippen LogP contribution in [0.1, 0.15) is 66.6 Å². The molecule has 21 heavy (non-hydrogen) atoms. The molecule has 4 nitrogen and oxygen atoms in total. The van der Waals surface area contributed by atoms with Crippen molar-refractivity contribution in [2.75, 3.05) is 18.5 Å². The van der Waals surface area contributed by atoms with Gasteiger partial charge in [-0.3, -0.25) is 0 Å². The second-order valence-corrected chi connectivity index (χ2v) is 7.00. The molecule has 1 rings (SSSR count). The molecule has 0 saturated heterocycles. The summed E-state index contributed by atoms with van der Waals surface area (Å²) in [5, 5.41) is 3.39. The third kappa shape index (κ3) is 6.78. The molecule has 1 N–H and O–H groups in total. The monoisotopic (exact) mass is 293 g/mol. The minimum atomic E-state index is -0.0863. The summed E-state index contributed by atoms with van der Waals surface area (Å²) in [7, 11) is 0. The van der Waals surface area contributed by atoms with Crippen LogP contribution in [0.15, 0.2) is 6.07 Å². The Labute approximate surface area is 129 Å². The molecular formula is C17H31N3O. The van der Waals surface area contributed by atoms with Gasteiger partial charge in [0.2, 0.25) is 5.88 Å². The van der Waals surface area contributed by atoms with Crippen LogP contribution >= 0.6 is 0 Å². The number of rotatable bonds is 8. The van der Waals surface area contributed by atoms with E-state index in [2.05, 4.69) is 56.8 Å². The predicted octanol–water partition coefficient (Wildman–Crippen LogP) is 4.41. The standard InChI is InChI=1S/C17H31N3O/c1-7-8-9-10-18-14-11-15(21-12-13(2)3)20-16(19-14)17(4,5)6/h11,13H,7-10,12H2,1-6H3,(H,18,19,20). The second kappa shape index (κ2) is 8.20. The van der Waals surface area contributed by atoms with Crippen LogP contribution < -0.4 is 10.1 Å². The highest BCUT2D eigenvalue weighted by atomic mass is 16.5. The van der Waals surface area contributed by atoms with Crippen LogP contribution in [0.5, 0.6) is 5.88 Å². The van der Waals surface area contributed by atoms with E-state index in [4.69, 9.17) is 4.74 Å². The highest BCUT2D eigenvalue weighted by molar-refractivity contribution is 5.39. The summed E-state index contributed by atoms with van der Waals surface area (Å²) in [5.41, 5.74) is -0.0863. The van der Waals surface area contributed by atoms with E-state index >= 15 is 0 Å². The summed E-state index contributed by atoms with van der Waals surface area (Å²) >= 11 is 0. The van der Waals surface area contributed by atoms with Crippen molar-refractivity contribution >= 4 is 5.82 Å². The number of aromatic nitrogens is 2. The number of nitrogens with one attached hydrogen (secondary N) is 1. The fourth-order valence-electron chi connectivity index (χ4n) is 1.77. The molecule has 0 unspecified atom stereocenters. The molecule has 0 spiro atoms. The maximum atomic E-state index is 5.78. The Morgan fingerprint density at radius 2 is 1.90 bits per heavy atom. The topological polar surface area (TPSA) is 47.0 Å². The molecule has 0 saturated carbocycles. The largest absolute Gasteiger partial charge is 0.477 e. The van der Waals surface area contributed by atoms with Gasteiger partial charge in [-0.25, -0.2) is 4.98 Å². The van der Waals surface area contributed by atoms with Crippen molar-refractivity contribution in [3.05, 3.63) is 11.9 Å². The van der Waals surface area contributed by atoms with E-state index in [0.29, 0.717) is 18.4 Å². The first kappa shape index (κ1) is 17.7. The first-order chi connectivity index (χ1) is 9.82. The molecule has 0 aliphatic rings. The maximum Gasteiger partial charge on any atom is 0.218 e. The molecule has 0 bridgehead atoms. The van der Waals surface area contributed by atoms with E-state index in [0.717, 1.165) is 24.6 Å². The molecule has 120 valence electrons. The molecule has 1 aromatic heterocycles. The van der Waals surface area contributed by atoms with Gasteiger partial charge in [0.25, 0.3) is 0 Å². The average molecular weight is 293 g/mol. The number of ether oxygens (including phenoxy) is 1. The van der Waals surface area contributed by atoms with Gasteiger partial charge < -0.3 is 10.1 Å². The Bertz CT molecular complexity index is 425. The van der Waals surface area contributed by atoms with Crippen LogP contribution in [0.2, 0.25) is 0 Å². The van der Waals surface area contributed by atoms with Crippen molar-refractivity contribution in [3.8, 4) is 5.88 Å². The fourth-order valence-corrected chi connectivity index (χ4v) is 1.77. The highest BCUT2D eigenvalue weighted by Gasteiger charge is 2.19. The Kier molecular flexibility index (Phi) is 6.93. The van der Waals surface area contributed by atoms with Gasteiger partial charge in [-0.1, -0.05) is 54.4 Å². The van der Waals surface area contributed by atoms with Crippen LogP contribution in [-0.2, 0) is 5.41 Å². The number of anilines is 1. The van der Waals surface area contributed by atoms with Gasteiger partial charge in [-0.15, -0.1) is 0 Å². The van der Waals surface area contributed by atoms with Crippen LogP contribution in [0.4, 0.5) is 5.82 Å². The quantitative estimate of drug-likeness (QED) is 0.721. The van der Waals surface area contributed by atoms with E-state index in [1.54, 1.807) is 0 Å². The number of unbranched alkanes of at least 4 members (excludes halogenated alkanes) is 2. The lowest BCUT2D eigenvalue weighted by Crippen LogP contribution is -2.18. The van der Waals surface area contributed by atoms with Crippen molar-refractivity contribution in [1.29, 1.82) is 0 Å². The highest BCUT2D eigenvalue weighted by Crippen LogP contribution is 2.23. The second-order valence-electron chi connectivity index (χ2n) is 7.00. The smallest absolute Gasteiger partial charge is 0.218 e. The normalized spacial score (nSPS) is 11.8. The van der Waals surface area contributed by atoms with Crippen LogP contribution in [0, 0.1) is 5.92 Å². The maximum absolute atomic E-state index is 5.78. The first-order valence-electron chi connectivity index (χ1n) is 8.09. The Morgan fingerprint density at radius 3 is 2.48 bits per heavy atom. The summed E-state index contributed by atoms with van der Waals surface area (Å²) in [4.78, 5) is 9.17. The summed E-state index contributed by atoms with van der Waals surface area (Å²) in [5.74, 6) is 2.84. The molecular weight excluding hydrogens is 262 g/mol. The molecule has 0 aliphatic heterocycles. The van der Waals surface area contributed by atoms with Gasteiger partial charge >= 0.3 is 0 Å². The van der Waals surface area contributed by atoms with Gasteiger partial charge in [-0.2, -0.15) is 4.98 Å². The molecule has 1 aromatic rings. The van der Waals surface area contributed by atoms with Crippen molar-refractivity contribution in [1.82, 2.24) is 9.97 Å². The van der Waals surface area contributed by atoms with Crippen LogP contribution in [0.25, 0.3) is 0 Å². The Balaban J connectivity index is 2.82. The lowest BCUT2D eigenvalue weighted by molar-refractivity contribution is 0.259. The predicted molar refractivity (Wildman–Crippen MR) is 89.1 cm³/mol. The van der Waals surface area contributed by atoms with Gasteiger partial charge in [0.15, 0.2) is 0 Å². The van der Waals surface area contributed by atoms with Crippen LogP contribution in [0.3, 0.4) is 0 Å². The summed E-state index contributed by atoms with van der Waals surface area (Å²) in [6, 6.07) is 1.91. The number of hydrogen-bond acceptors (Lipinski definition) is 4. The molecule has 4 heteroatoms. The molecule has 1 heterocycles. The van der Waals surface area contributed by atoms with Crippen LogP contribution in [-0.4, -0.2) is 23.1 Å². The Morgan fingerprint density at radius 1 is 1.19 bits per heavy atom. The minimum Gasteiger partial charge on any atom is -0.477 e. The molecule has 0 atom stereocenters. The summed E-state index contributed by atoms with van der Waals surface area (Å²) in [6.45, 7) is 14.5. The fraction of sp³-hybridized carbons (Fsp3) is 0.765. The zero-order valence-electron chi connectivity index (χ0n) is 14.5. The zero-order valence-corrected chi connectivity index (χ0v) is 14.5. The van der Waals surface area contributed by atoms with E-state index in [1.165, 1.54) is 12.8 Å². The summed E-state index contributed by atoms with van der Waals surface area (Å²) in [6.07, 6.45) is 3.62. The van der Waals surface area contributed by atoms with E-state index in [9.17, 15) is 0 Å². The summed E-state index contributed by atoms with van der Waals surface area (Å²) < 4.78 is 5.78. The van der Waals surface area contributed by atoms with Crippen molar-refractivity contribution in [2.24, 2.45) is 5.92 Å². The van der Waals surface area contributed by atoms with Crippen molar-refractivity contribution < 1.29 is 4.74 Å². The van der Waals surface area contributed by atoms with Gasteiger partial charge in [0.05, 0.1) is 6.61 Å². The lowest BCUT2D eigenvalue weighted by Gasteiger charge is -2.19. The van der Waals surface area contributed by atoms with Gasteiger partial charge in [0, 0.05) is 18.0 Å². The molecule has 0 aromatic carbocycles. The van der Waals surface area contributed by atoms with E-state index in [1.807, 2.05) is 6.07 Å². The number of hydrogen-bond donors (Lipinski definition) is 1. The zero-order chi connectivity index (χ0) is 15.9.